The molecule has 4 rings (SSSR count). The molecular weight excluding hydrogens is 368 g/mol. The van der Waals surface area contributed by atoms with E-state index in [-0.39, 0.29) is 22.6 Å². The standard InChI is InChI=1S/C22H26N4O3/c27-22(25-12-4-5-13-25)21(18-6-2-1-3-7-18)24-16-14-23(15-17-24)19-8-10-20(11-9-19)26(28)29/h1-3,6-11,21H,4-5,12-17H2/t21-/m0/s1. The predicted octanol–water partition coefficient (Wildman–Crippen LogP) is 3.08. The molecule has 7 nitrogen and oxygen atoms in total. The van der Waals surface area contributed by atoms with E-state index in [2.05, 4.69) is 9.80 Å². The number of nitro benzene ring substituents is 1. The van der Waals surface area contributed by atoms with E-state index in [1.54, 1.807) is 24.3 Å². The van der Waals surface area contributed by atoms with Crippen molar-refractivity contribution in [1.82, 2.24) is 9.80 Å². The van der Waals surface area contributed by atoms with Crippen molar-refractivity contribution < 1.29 is 9.72 Å². The lowest BCUT2D eigenvalue weighted by molar-refractivity contribution is -0.384. The maximum absolute atomic E-state index is 13.3. The van der Waals surface area contributed by atoms with Crippen LogP contribution in [0.25, 0.3) is 0 Å². The van der Waals surface area contributed by atoms with Crippen LogP contribution >= 0.6 is 0 Å². The summed E-state index contributed by atoms with van der Waals surface area (Å²) in [6.45, 7) is 4.82. The van der Waals surface area contributed by atoms with Gasteiger partial charge < -0.3 is 9.80 Å². The van der Waals surface area contributed by atoms with Gasteiger partial charge in [-0.25, -0.2) is 0 Å². The van der Waals surface area contributed by atoms with E-state index < -0.39 is 0 Å². The van der Waals surface area contributed by atoms with E-state index in [0.29, 0.717) is 0 Å². The van der Waals surface area contributed by atoms with Crippen molar-refractivity contribution in [2.45, 2.75) is 18.9 Å². The molecule has 2 aliphatic rings. The molecule has 7 heteroatoms. The molecule has 0 aliphatic carbocycles. The van der Waals surface area contributed by atoms with Gasteiger partial charge in [0.25, 0.3) is 5.69 Å². The fourth-order valence-corrected chi connectivity index (χ4v) is 4.28. The Hall–Kier alpha value is -2.93. The lowest BCUT2D eigenvalue weighted by atomic mass is 10.0. The average Bonchev–Trinajstić information content (AvgIpc) is 3.30. The lowest BCUT2D eigenvalue weighted by Gasteiger charge is -2.40. The van der Waals surface area contributed by atoms with E-state index in [9.17, 15) is 14.9 Å². The van der Waals surface area contributed by atoms with E-state index in [1.165, 1.54) is 0 Å². The Morgan fingerprint density at radius 1 is 0.862 bits per heavy atom. The van der Waals surface area contributed by atoms with Crippen LogP contribution in [0.2, 0.25) is 0 Å². The highest BCUT2D eigenvalue weighted by Crippen LogP contribution is 2.28. The molecule has 0 saturated carbocycles. The third kappa shape index (κ3) is 4.24. The van der Waals surface area contributed by atoms with Crippen LogP contribution in [0.4, 0.5) is 11.4 Å². The number of amides is 1. The minimum absolute atomic E-state index is 0.104. The summed E-state index contributed by atoms with van der Waals surface area (Å²) in [6.07, 6.45) is 2.17. The topological polar surface area (TPSA) is 69.9 Å². The fourth-order valence-electron chi connectivity index (χ4n) is 4.28. The number of nitrogens with zero attached hydrogens (tertiary/aromatic N) is 4. The number of non-ortho nitro benzene ring substituents is 1. The van der Waals surface area contributed by atoms with Gasteiger partial charge in [-0.2, -0.15) is 0 Å². The highest BCUT2D eigenvalue weighted by Gasteiger charge is 2.34. The zero-order valence-corrected chi connectivity index (χ0v) is 16.4. The third-order valence-electron chi connectivity index (χ3n) is 5.87. The highest BCUT2D eigenvalue weighted by atomic mass is 16.6. The molecule has 0 spiro atoms. The summed E-state index contributed by atoms with van der Waals surface area (Å²) in [5.74, 6) is 0.206. The van der Waals surface area contributed by atoms with Crippen molar-refractivity contribution in [2.24, 2.45) is 0 Å². The molecule has 0 radical (unpaired) electrons. The fraction of sp³-hybridized carbons (Fsp3) is 0.409. The number of hydrogen-bond donors (Lipinski definition) is 0. The highest BCUT2D eigenvalue weighted by molar-refractivity contribution is 5.83. The second-order valence-electron chi connectivity index (χ2n) is 7.64. The van der Waals surface area contributed by atoms with Gasteiger partial charge in [0.1, 0.15) is 6.04 Å². The van der Waals surface area contributed by atoms with Gasteiger partial charge in [-0.15, -0.1) is 0 Å². The Morgan fingerprint density at radius 2 is 1.48 bits per heavy atom. The van der Waals surface area contributed by atoms with E-state index in [0.717, 1.165) is 63.4 Å². The van der Waals surface area contributed by atoms with Crippen LogP contribution in [-0.2, 0) is 4.79 Å². The van der Waals surface area contributed by atoms with Crippen molar-refractivity contribution in [2.75, 3.05) is 44.2 Å². The molecule has 2 heterocycles. The Kier molecular flexibility index (Phi) is 5.76. The van der Waals surface area contributed by atoms with Gasteiger partial charge >= 0.3 is 0 Å². The van der Waals surface area contributed by atoms with Gasteiger partial charge in [-0.05, 0) is 30.5 Å². The number of carbonyl (C=O) groups excluding carboxylic acids is 1. The molecule has 2 saturated heterocycles. The number of anilines is 1. The zero-order chi connectivity index (χ0) is 20.2. The van der Waals surface area contributed by atoms with Crippen LogP contribution in [0, 0.1) is 10.1 Å². The summed E-state index contributed by atoms with van der Waals surface area (Å²) in [5.41, 5.74) is 2.14. The van der Waals surface area contributed by atoms with Crippen molar-refractivity contribution in [3.8, 4) is 0 Å². The van der Waals surface area contributed by atoms with E-state index >= 15 is 0 Å². The normalized spacial score (nSPS) is 18.6. The number of hydrogen-bond acceptors (Lipinski definition) is 5. The molecule has 2 aromatic rings. The van der Waals surface area contributed by atoms with Crippen LogP contribution < -0.4 is 4.90 Å². The first-order valence-corrected chi connectivity index (χ1v) is 10.2. The maximum atomic E-state index is 13.3. The summed E-state index contributed by atoms with van der Waals surface area (Å²) in [7, 11) is 0. The van der Waals surface area contributed by atoms with E-state index in [4.69, 9.17) is 0 Å². The molecule has 0 N–H and O–H groups in total. The smallest absolute Gasteiger partial charge is 0.269 e. The molecule has 0 unspecified atom stereocenters. The summed E-state index contributed by atoms with van der Waals surface area (Å²) < 4.78 is 0. The Bertz CT molecular complexity index is 842. The number of rotatable bonds is 5. The minimum Gasteiger partial charge on any atom is -0.369 e. The van der Waals surface area contributed by atoms with Gasteiger partial charge in [-0.3, -0.25) is 19.8 Å². The maximum Gasteiger partial charge on any atom is 0.269 e. The predicted molar refractivity (Wildman–Crippen MR) is 112 cm³/mol. The van der Waals surface area contributed by atoms with Gasteiger partial charge in [-0.1, -0.05) is 30.3 Å². The molecule has 2 aromatic carbocycles. The van der Waals surface area contributed by atoms with Crippen LogP contribution in [0.5, 0.6) is 0 Å². The SMILES string of the molecule is O=C([C@H](c1ccccc1)N1CCN(c2ccc([N+](=O)[O-])cc2)CC1)N1CCCC1. The van der Waals surface area contributed by atoms with E-state index in [1.807, 2.05) is 35.2 Å². The van der Waals surface area contributed by atoms with Crippen LogP contribution in [0.15, 0.2) is 54.6 Å². The molecule has 0 bridgehead atoms. The lowest BCUT2D eigenvalue weighted by Crippen LogP contribution is -2.51. The summed E-state index contributed by atoms with van der Waals surface area (Å²) in [6, 6.07) is 16.5. The Balaban J connectivity index is 1.47. The molecule has 2 fully saturated rings. The van der Waals surface area contributed by atoms with Crippen LogP contribution in [0.3, 0.4) is 0 Å². The number of piperazine rings is 1. The molecule has 0 aromatic heterocycles. The number of nitro groups is 1. The molecule has 29 heavy (non-hydrogen) atoms. The van der Waals surface area contributed by atoms with Crippen molar-refractivity contribution in [1.29, 1.82) is 0 Å². The molecule has 1 atom stereocenters. The minimum atomic E-state index is -0.379. The van der Waals surface area contributed by atoms with Gasteiger partial charge in [0.2, 0.25) is 5.91 Å². The van der Waals surface area contributed by atoms with Gasteiger partial charge in [0.05, 0.1) is 4.92 Å². The summed E-state index contributed by atoms with van der Waals surface area (Å²) in [4.78, 5) is 30.3. The number of benzene rings is 2. The second-order valence-corrected chi connectivity index (χ2v) is 7.64. The van der Waals surface area contributed by atoms with Crippen LogP contribution in [0.1, 0.15) is 24.4 Å². The summed E-state index contributed by atoms with van der Waals surface area (Å²) >= 11 is 0. The quantitative estimate of drug-likeness (QED) is 0.576. The molecule has 2 aliphatic heterocycles. The summed E-state index contributed by atoms with van der Waals surface area (Å²) in [5, 5.41) is 10.9. The largest absolute Gasteiger partial charge is 0.369 e. The van der Waals surface area contributed by atoms with Crippen molar-refractivity contribution >= 4 is 17.3 Å². The Labute approximate surface area is 170 Å². The second kappa shape index (κ2) is 8.61. The Morgan fingerprint density at radius 3 is 2.07 bits per heavy atom. The average molecular weight is 394 g/mol. The van der Waals surface area contributed by atoms with Crippen molar-refractivity contribution in [3.05, 3.63) is 70.3 Å². The third-order valence-corrected chi connectivity index (χ3v) is 5.87. The van der Waals surface area contributed by atoms with Gasteiger partial charge in [0.15, 0.2) is 0 Å². The molecule has 152 valence electrons. The number of likely N-dealkylation sites (tertiary alicyclic amines) is 1. The first-order chi connectivity index (χ1) is 14.1. The molecule has 1 amide bonds. The van der Waals surface area contributed by atoms with Gasteiger partial charge in [0, 0.05) is 57.1 Å². The number of carbonyl (C=O) groups is 1. The first-order valence-electron chi connectivity index (χ1n) is 10.2. The first kappa shape index (κ1) is 19.4. The van der Waals surface area contributed by atoms with Crippen LogP contribution in [-0.4, -0.2) is 59.9 Å². The molecular formula is C22H26N4O3. The monoisotopic (exact) mass is 394 g/mol. The zero-order valence-electron chi connectivity index (χ0n) is 16.4. The van der Waals surface area contributed by atoms with Crippen molar-refractivity contribution in [3.63, 3.8) is 0 Å².